The number of carbonyl (C=O) groups is 2. The summed E-state index contributed by atoms with van der Waals surface area (Å²) in [6, 6.07) is 2.70. The Balaban J connectivity index is 1.67. The van der Waals surface area contributed by atoms with Crippen molar-refractivity contribution in [2.45, 2.75) is 32.3 Å². The van der Waals surface area contributed by atoms with Gasteiger partial charge in [-0.3, -0.25) is 14.4 Å². The largest absolute Gasteiger partial charge is 0.461 e. The molecule has 31 heavy (non-hydrogen) atoms. The van der Waals surface area contributed by atoms with Gasteiger partial charge in [-0.25, -0.2) is 8.78 Å². The molecule has 0 bridgehead atoms. The van der Waals surface area contributed by atoms with E-state index in [1.165, 1.54) is 21.7 Å². The molecule has 0 aliphatic carbocycles. The Labute approximate surface area is 174 Å². The third kappa shape index (κ3) is 3.66. The molecule has 1 aromatic carbocycles. The molecular weight excluding hydrogens is 416 g/mol. The van der Waals surface area contributed by atoms with E-state index in [2.05, 4.69) is 5.32 Å². The van der Waals surface area contributed by atoms with Crippen LogP contribution < -0.4 is 15.5 Å². The van der Waals surface area contributed by atoms with Crippen LogP contribution in [0, 0.1) is 11.6 Å². The van der Waals surface area contributed by atoms with Crippen LogP contribution in [-0.2, 0) is 17.8 Å². The minimum atomic E-state index is -0.892. The topological polar surface area (TPSA) is 110 Å². The number of aromatic nitrogens is 1. The number of ether oxygens (including phenoxy) is 2. The number of nitrogens with zero attached hydrogens (tertiary/aromatic N) is 2. The molecule has 2 amide bonds. The lowest BCUT2D eigenvalue weighted by molar-refractivity contribution is 0.00530. The molecule has 2 aromatic rings. The highest BCUT2D eigenvalue weighted by Crippen LogP contribution is 2.30. The molecule has 2 aliphatic heterocycles. The van der Waals surface area contributed by atoms with Crippen LogP contribution in [0.15, 0.2) is 29.2 Å². The highest BCUT2D eigenvalue weighted by molar-refractivity contribution is 5.99. The van der Waals surface area contributed by atoms with E-state index in [4.69, 9.17) is 9.47 Å². The molecule has 1 saturated heterocycles. The second-order valence-electron chi connectivity index (χ2n) is 7.24. The minimum absolute atomic E-state index is 0.0267. The second-order valence-corrected chi connectivity index (χ2v) is 7.24. The first-order valence-corrected chi connectivity index (χ1v) is 9.49. The Hall–Kier alpha value is -3.31. The zero-order valence-corrected chi connectivity index (χ0v) is 16.4. The number of hydrogen-bond acceptors (Lipinski definition) is 6. The molecule has 0 saturated carbocycles. The Morgan fingerprint density at radius 1 is 1.35 bits per heavy atom. The summed E-state index contributed by atoms with van der Waals surface area (Å²) in [7, 11) is 0. The molecular formula is C20H19F2N3O6. The summed E-state index contributed by atoms with van der Waals surface area (Å²) in [5.41, 5.74) is -1.31. The molecule has 9 nitrogen and oxygen atoms in total. The van der Waals surface area contributed by atoms with Crippen molar-refractivity contribution < 1.29 is 33.0 Å². The van der Waals surface area contributed by atoms with Gasteiger partial charge in [-0.1, -0.05) is 6.07 Å². The summed E-state index contributed by atoms with van der Waals surface area (Å²) in [6.07, 6.45) is 0.642. The maximum absolute atomic E-state index is 13.8. The standard InChI is InChI=1S/C20H19F2N3O6/c1-10-8-30-15-7-24-6-13(17(27)18(31-9-26)16(24)20(29)25(10)15)19(28)23-5-11-2-3-12(21)4-14(11)22/h2-4,6,10,15,26H,5,7-9H2,1H3,(H,23,28)/t10-,15+/m0/s1. The van der Waals surface area contributed by atoms with E-state index in [9.17, 15) is 28.3 Å². The minimum Gasteiger partial charge on any atom is -0.461 e. The number of carbonyl (C=O) groups excluding carboxylic acids is 2. The van der Waals surface area contributed by atoms with Gasteiger partial charge in [0.1, 0.15) is 17.2 Å². The Morgan fingerprint density at radius 3 is 2.84 bits per heavy atom. The summed E-state index contributed by atoms with van der Waals surface area (Å²) in [4.78, 5) is 40.0. The molecule has 3 heterocycles. The third-order valence-electron chi connectivity index (χ3n) is 5.25. The van der Waals surface area contributed by atoms with Crippen molar-refractivity contribution in [3.8, 4) is 5.75 Å². The van der Waals surface area contributed by atoms with Crippen LogP contribution in [0.3, 0.4) is 0 Å². The number of aliphatic hydroxyl groups excluding tert-OH is 1. The van der Waals surface area contributed by atoms with Crippen LogP contribution in [0.4, 0.5) is 8.78 Å². The van der Waals surface area contributed by atoms with E-state index in [1.807, 2.05) is 0 Å². The number of hydrogen-bond donors (Lipinski definition) is 2. The maximum atomic E-state index is 13.8. The smallest absolute Gasteiger partial charge is 0.276 e. The number of rotatable bonds is 5. The highest BCUT2D eigenvalue weighted by atomic mass is 19.1. The molecule has 2 atom stereocenters. The zero-order valence-electron chi connectivity index (χ0n) is 16.4. The predicted octanol–water partition coefficient (Wildman–Crippen LogP) is 0.586. The molecule has 0 radical (unpaired) electrons. The van der Waals surface area contributed by atoms with Crippen LogP contribution in [0.5, 0.6) is 5.75 Å². The molecule has 2 N–H and O–H groups in total. The summed E-state index contributed by atoms with van der Waals surface area (Å²) in [5, 5.41) is 11.6. The van der Waals surface area contributed by atoms with Crippen LogP contribution >= 0.6 is 0 Å². The first-order valence-electron chi connectivity index (χ1n) is 9.49. The predicted molar refractivity (Wildman–Crippen MR) is 101 cm³/mol. The van der Waals surface area contributed by atoms with Crippen LogP contribution in [0.2, 0.25) is 0 Å². The van der Waals surface area contributed by atoms with Crippen molar-refractivity contribution in [2.24, 2.45) is 0 Å². The fourth-order valence-electron chi connectivity index (χ4n) is 3.76. The monoisotopic (exact) mass is 435 g/mol. The van der Waals surface area contributed by atoms with Crippen molar-refractivity contribution in [2.75, 3.05) is 13.4 Å². The van der Waals surface area contributed by atoms with Gasteiger partial charge < -0.3 is 29.4 Å². The molecule has 2 aliphatic rings. The van der Waals surface area contributed by atoms with Gasteiger partial charge in [-0.15, -0.1) is 0 Å². The first-order chi connectivity index (χ1) is 14.8. The summed E-state index contributed by atoms with van der Waals surface area (Å²) in [6.45, 7) is 1.10. The normalized spacial score (nSPS) is 19.7. The summed E-state index contributed by atoms with van der Waals surface area (Å²) in [5.74, 6) is -3.41. The number of pyridine rings is 1. The van der Waals surface area contributed by atoms with Crippen molar-refractivity contribution in [3.63, 3.8) is 0 Å². The Kier molecular flexibility index (Phi) is 5.46. The van der Waals surface area contributed by atoms with Gasteiger partial charge >= 0.3 is 0 Å². The van der Waals surface area contributed by atoms with Crippen molar-refractivity contribution in [1.29, 1.82) is 0 Å². The number of amides is 2. The van der Waals surface area contributed by atoms with Gasteiger partial charge in [-0.2, -0.15) is 0 Å². The summed E-state index contributed by atoms with van der Waals surface area (Å²) < 4.78 is 38.9. The van der Waals surface area contributed by atoms with E-state index < -0.39 is 47.6 Å². The number of aliphatic hydroxyl groups is 1. The van der Waals surface area contributed by atoms with Gasteiger partial charge in [0.2, 0.25) is 5.43 Å². The Bertz CT molecular complexity index is 1120. The molecule has 0 spiro atoms. The van der Waals surface area contributed by atoms with E-state index in [1.54, 1.807) is 6.92 Å². The lowest BCUT2D eigenvalue weighted by atomic mass is 10.1. The number of nitrogens with one attached hydrogen (secondary N) is 1. The van der Waals surface area contributed by atoms with Gasteiger partial charge in [0.05, 0.1) is 19.2 Å². The fraction of sp³-hybridized carbons (Fsp3) is 0.350. The van der Waals surface area contributed by atoms with E-state index >= 15 is 0 Å². The van der Waals surface area contributed by atoms with Crippen LogP contribution in [0.25, 0.3) is 0 Å². The number of benzene rings is 1. The molecule has 1 aromatic heterocycles. The van der Waals surface area contributed by atoms with Gasteiger partial charge in [0, 0.05) is 24.4 Å². The zero-order chi connectivity index (χ0) is 22.3. The Morgan fingerprint density at radius 2 is 2.13 bits per heavy atom. The number of fused-ring (bicyclic) bond motifs is 2. The quantitative estimate of drug-likeness (QED) is 0.666. The molecule has 164 valence electrons. The summed E-state index contributed by atoms with van der Waals surface area (Å²) >= 11 is 0. The van der Waals surface area contributed by atoms with Gasteiger partial charge in [0.15, 0.2) is 24.5 Å². The molecule has 11 heteroatoms. The van der Waals surface area contributed by atoms with Crippen molar-refractivity contribution >= 4 is 11.8 Å². The highest BCUT2D eigenvalue weighted by Gasteiger charge is 2.43. The number of halogens is 2. The lowest BCUT2D eigenvalue weighted by Gasteiger charge is -2.34. The lowest BCUT2D eigenvalue weighted by Crippen LogP contribution is -2.49. The third-order valence-corrected chi connectivity index (χ3v) is 5.25. The average molecular weight is 435 g/mol. The van der Waals surface area contributed by atoms with Gasteiger partial charge in [-0.05, 0) is 13.0 Å². The van der Waals surface area contributed by atoms with Crippen molar-refractivity contribution in [1.82, 2.24) is 14.8 Å². The molecule has 4 rings (SSSR count). The van der Waals surface area contributed by atoms with Crippen LogP contribution in [-0.4, -0.2) is 52.1 Å². The maximum Gasteiger partial charge on any atom is 0.276 e. The van der Waals surface area contributed by atoms with Crippen molar-refractivity contribution in [3.05, 3.63) is 63.1 Å². The molecule has 1 fully saturated rings. The van der Waals surface area contributed by atoms with Crippen LogP contribution in [0.1, 0.15) is 33.3 Å². The van der Waals surface area contributed by atoms with E-state index in [0.717, 1.165) is 6.07 Å². The first kappa shape index (κ1) is 20.9. The second kappa shape index (κ2) is 8.08. The van der Waals surface area contributed by atoms with Gasteiger partial charge in [0.25, 0.3) is 11.8 Å². The SMILES string of the molecule is C[C@H]1CO[C@@H]2Cn3cc(C(=O)NCc4ccc(F)cc4F)c(=O)c(OCO)c3C(=O)N12. The van der Waals surface area contributed by atoms with E-state index in [-0.39, 0.29) is 36.0 Å². The average Bonchev–Trinajstić information content (AvgIpc) is 3.10. The fourth-order valence-corrected chi connectivity index (χ4v) is 3.76. The molecule has 0 unspecified atom stereocenters. The van der Waals surface area contributed by atoms with E-state index in [0.29, 0.717) is 12.7 Å².